The van der Waals surface area contributed by atoms with Gasteiger partial charge >= 0.3 is 0 Å². The van der Waals surface area contributed by atoms with E-state index < -0.39 is 36.0 Å². The van der Waals surface area contributed by atoms with E-state index in [0.29, 0.717) is 45.1 Å². The van der Waals surface area contributed by atoms with E-state index in [1.54, 1.807) is 22.9 Å². The zero-order valence-corrected chi connectivity index (χ0v) is 26.4. The summed E-state index contributed by atoms with van der Waals surface area (Å²) in [6.45, 7) is 5.98. The van der Waals surface area contributed by atoms with Crippen LogP contribution < -0.4 is 20.8 Å². The van der Waals surface area contributed by atoms with E-state index in [9.17, 15) is 24.0 Å². The normalized spacial score (nSPS) is 23.3. The molecule has 11 heteroatoms. The number of hydrogen-bond acceptors (Lipinski definition) is 6. The number of piperidine rings is 1. The van der Waals surface area contributed by atoms with E-state index in [0.717, 1.165) is 35.7 Å². The van der Waals surface area contributed by atoms with Crippen molar-refractivity contribution in [2.24, 2.45) is 5.92 Å². The summed E-state index contributed by atoms with van der Waals surface area (Å²) >= 11 is 0. The van der Waals surface area contributed by atoms with E-state index >= 15 is 0 Å². The Kier molecular flexibility index (Phi) is 11.4. The average Bonchev–Trinajstić information content (AvgIpc) is 3.38. The quantitative estimate of drug-likeness (QED) is 0.335. The Morgan fingerprint density at radius 2 is 1.68 bits per heavy atom. The Morgan fingerprint density at radius 3 is 2.41 bits per heavy atom. The lowest BCUT2D eigenvalue weighted by molar-refractivity contribution is -0.147. The molecule has 2 saturated heterocycles. The Morgan fingerprint density at radius 1 is 0.955 bits per heavy atom. The monoisotopic (exact) mass is 609 g/mol. The van der Waals surface area contributed by atoms with Crippen LogP contribution in [0.15, 0.2) is 30.5 Å². The maximum atomic E-state index is 13.9. The van der Waals surface area contributed by atoms with Crippen molar-refractivity contribution in [3.8, 4) is 0 Å². The summed E-state index contributed by atoms with van der Waals surface area (Å²) in [4.78, 5) is 74.1. The van der Waals surface area contributed by atoms with Crippen LogP contribution >= 0.6 is 0 Å². The van der Waals surface area contributed by atoms with Gasteiger partial charge in [0.15, 0.2) is 0 Å². The van der Waals surface area contributed by atoms with Crippen molar-refractivity contribution < 1.29 is 28.8 Å². The number of unbranched alkanes of at least 4 members (excludes halogenated alkanes) is 2. The number of Topliss-reactive ketones (excluding diaryl/α,β-unsaturated/α-hetero) is 1. The molecule has 0 radical (unpaired) electrons. The molecule has 2 fully saturated rings. The molecule has 0 aliphatic carbocycles. The lowest BCUT2D eigenvalue weighted by atomic mass is 9.95. The Balaban J connectivity index is 1.65. The van der Waals surface area contributed by atoms with Crippen LogP contribution in [0.2, 0.25) is 0 Å². The van der Waals surface area contributed by atoms with Crippen LogP contribution in [-0.2, 0) is 30.4 Å². The van der Waals surface area contributed by atoms with Gasteiger partial charge < -0.3 is 25.7 Å². The average molecular weight is 610 g/mol. The molecule has 2 aliphatic rings. The molecule has 240 valence electrons. The van der Waals surface area contributed by atoms with Crippen LogP contribution in [0.25, 0.3) is 10.9 Å². The third-order valence-corrected chi connectivity index (χ3v) is 8.81. The molecule has 2 aliphatic heterocycles. The van der Waals surface area contributed by atoms with Gasteiger partial charge in [0.25, 0.3) is 0 Å². The number of nitrogens with zero attached hydrogens (tertiary/aromatic N) is 2. The summed E-state index contributed by atoms with van der Waals surface area (Å²) in [5.74, 6) is -1.59. The van der Waals surface area contributed by atoms with E-state index in [4.69, 9.17) is 4.84 Å². The first kappa shape index (κ1) is 33.0. The fourth-order valence-corrected chi connectivity index (χ4v) is 6.21. The fourth-order valence-electron chi connectivity index (χ4n) is 6.21. The highest BCUT2D eigenvalue weighted by Crippen LogP contribution is 2.24. The predicted octanol–water partition coefficient (Wildman–Crippen LogP) is 2.68. The van der Waals surface area contributed by atoms with Gasteiger partial charge in [-0.2, -0.15) is 4.73 Å². The summed E-state index contributed by atoms with van der Waals surface area (Å²) in [6, 6.07) is 4.17. The molecule has 3 heterocycles. The van der Waals surface area contributed by atoms with Crippen molar-refractivity contribution in [2.45, 2.75) is 109 Å². The van der Waals surface area contributed by atoms with E-state index in [1.807, 2.05) is 45.0 Å². The topological polar surface area (TPSA) is 139 Å². The highest BCUT2D eigenvalue weighted by atomic mass is 16.6. The second-order valence-corrected chi connectivity index (χ2v) is 12.3. The predicted molar refractivity (Wildman–Crippen MR) is 167 cm³/mol. The van der Waals surface area contributed by atoms with Gasteiger partial charge in [0, 0.05) is 37.4 Å². The van der Waals surface area contributed by atoms with Gasteiger partial charge in [0.1, 0.15) is 37.1 Å². The van der Waals surface area contributed by atoms with E-state index in [1.165, 1.54) is 0 Å². The van der Waals surface area contributed by atoms with E-state index in [-0.39, 0.29) is 29.9 Å². The molecule has 4 atom stereocenters. The van der Waals surface area contributed by atoms with Crippen molar-refractivity contribution in [3.63, 3.8) is 0 Å². The number of para-hydroxylation sites is 1. The van der Waals surface area contributed by atoms with Crippen LogP contribution in [0, 0.1) is 5.92 Å². The second kappa shape index (κ2) is 15.2. The minimum absolute atomic E-state index is 0.152. The number of benzene rings is 1. The van der Waals surface area contributed by atoms with Crippen LogP contribution in [-0.4, -0.2) is 76.9 Å². The molecule has 0 bridgehead atoms. The molecular weight excluding hydrogens is 562 g/mol. The lowest BCUT2D eigenvalue weighted by Gasteiger charge is -2.39. The van der Waals surface area contributed by atoms with Gasteiger partial charge in [0.2, 0.25) is 23.6 Å². The summed E-state index contributed by atoms with van der Waals surface area (Å²) in [7, 11) is 1.55. The molecule has 4 rings (SSSR count). The molecule has 2 aromatic rings. The summed E-state index contributed by atoms with van der Waals surface area (Å²) in [6.07, 6.45) is 7.41. The number of fused-ring (bicyclic) bond motifs is 2. The lowest BCUT2D eigenvalue weighted by Crippen LogP contribution is -2.64. The Labute approximate surface area is 259 Å². The van der Waals surface area contributed by atoms with Crippen molar-refractivity contribution in [2.75, 3.05) is 13.7 Å². The number of hydrogen-bond donors (Lipinski definition) is 3. The zero-order chi connectivity index (χ0) is 31.8. The van der Waals surface area contributed by atoms with Gasteiger partial charge in [-0.15, -0.1) is 0 Å². The van der Waals surface area contributed by atoms with Gasteiger partial charge in [-0.05, 0) is 49.7 Å². The SMILES string of the molecule is CCC(=O)CCCCC[C@@H]1NC(=O)[C@H]2CCCCN2C(=O)C(C(C)C)NC(=O)C(Cc2cn(OC)c3ccccc23)NC1=O. The maximum Gasteiger partial charge on any atom is 0.246 e. The summed E-state index contributed by atoms with van der Waals surface area (Å²) < 4.78 is 1.61. The van der Waals surface area contributed by atoms with Gasteiger partial charge in [-0.25, -0.2) is 0 Å². The van der Waals surface area contributed by atoms with Crippen molar-refractivity contribution >= 4 is 40.3 Å². The fraction of sp³-hybridized carbons (Fsp3) is 0.606. The number of carbonyl (C=O) groups is 5. The highest BCUT2D eigenvalue weighted by molar-refractivity contribution is 5.98. The first-order valence-electron chi connectivity index (χ1n) is 16.0. The molecule has 4 amide bonds. The largest absolute Gasteiger partial charge is 0.417 e. The summed E-state index contributed by atoms with van der Waals surface area (Å²) in [5, 5.41) is 9.66. The standard InChI is InChI=1S/C33H47N5O6/c1-5-23(39)13-7-6-8-15-25-30(40)35-26(19-22-20-38(44-4)27-16-10-9-14-24(22)27)31(41)36-29(21(2)3)33(43)37-18-12-11-17-28(37)32(42)34-25/h9-10,14,16,20-21,25-26,28-29H,5-8,11-13,15,17-19H2,1-4H3,(H,34,42)(H,35,40)(H,36,41)/t25-,26?,28+,29?/m0/s1. The van der Waals surface area contributed by atoms with Crippen molar-refractivity contribution in [3.05, 3.63) is 36.0 Å². The second-order valence-electron chi connectivity index (χ2n) is 12.3. The molecule has 3 N–H and O–H groups in total. The molecule has 44 heavy (non-hydrogen) atoms. The third-order valence-electron chi connectivity index (χ3n) is 8.81. The van der Waals surface area contributed by atoms with Gasteiger partial charge in [-0.1, -0.05) is 51.8 Å². The molecule has 2 unspecified atom stereocenters. The van der Waals surface area contributed by atoms with Crippen LogP contribution in [0.4, 0.5) is 0 Å². The first-order chi connectivity index (χ1) is 21.1. The van der Waals surface area contributed by atoms with Crippen LogP contribution in [0.3, 0.4) is 0 Å². The number of aromatic nitrogens is 1. The van der Waals surface area contributed by atoms with E-state index in [2.05, 4.69) is 16.0 Å². The van der Waals surface area contributed by atoms with Gasteiger partial charge in [-0.3, -0.25) is 24.0 Å². The molecule has 0 spiro atoms. The first-order valence-corrected chi connectivity index (χ1v) is 16.0. The number of ketones is 1. The number of carbonyl (C=O) groups excluding carboxylic acids is 5. The zero-order valence-electron chi connectivity index (χ0n) is 26.4. The van der Waals surface area contributed by atoms with Crippen LogP contribution in [0.5, 0.6) is 0 Å². The Bertz CT molecular complexity index is 1350. The molecule has 1 aromatic heterocycles. The highest BCUT2D eigenvalue weighted by Gasteiger charge is 2.40. The van der Waals surface area contributed by atoms with Crippen molar-refractivity contribution in [1.82, 2.24) is 25.6 Å². The third kappa shape index (κ3) is 7.78. The minimum atomic E-state index is -1.01. The van der Waals surface area contributed by atoms with Gasteiger partial charge in [0.05, 0.1) is 5.52 Å². The molecular formula is C33H47N5O6. The number of amides is 4. The number of rotatable bonds is 11. The minimum Gasteiger partial charge on any atom is -0.417 e. The smallest absolute Gasteiger partial charge is 0.246 e. The van der Waals surface area contributed by atoms with Crippen LogP contribution in [0.1, 0.15) is 84.1 Å². The Hall–Kier alpha value is -3.89. The molecule has 1 aromatic carbocycles. The summed E-state index contributed by atoms with van der Waals surface area (Å²) in [5.41, 5.74) is 1.61. The maximum absolute atomic E-state index is 13.9. The molecule has 0 saturated carbocycles. The van der Waals surface area contributed by atoms with Crippen molar-refractivity contribution in [1.29, 1.82) is 0 Å². The number of nitrogens with one attached hydrogen (secondary N) is 3. The molecule has 11 nitrogen and oxygen atoms in total.